The average molecular weight is 426 g/mol. The maximum Gasteiger partial charge on any atom is 0.337 e. The van der Waals surface area contributed by atoms with Gasteiger partial charge in [0, 0.05) is 36.6 Å². The first kappa shape index (κ1) is 24.6. The van der Waals surface area contributed by atoms with Crippen molar-refractivity contribution in [2.75, 3.05) is 25.1 Å². The van der Waals surface area contributed by atoms with Gasteiger partial charge in [-0.05, 0) is 57.4 Å². The summed E-state index contributed by atoms with van der Waals surface area (Å²) in [5.74, 6) is 0.545. The number of carbonyl (C=O) groups excluding carboxylic acids is 1. The fraction of sp³-hybridized carbons (Fsp3) is 0.440. The third-order valence-electron chi connectivity index (χ3n) is 5.22. The zero-order valence-corrected chi connectivity index (χ0v) is 19.3. The van der Waals surface area contributed by atoms with E-state index in [9.17, 15) is 9.90 Å². The highest BCUT2D eigenvalue weighted by Gasteiger charge is 2.13. The van der Waals surface area contributed by atoms with Crippen molar-refractivity contribution in [1.82, 2.24) is 10.3 Å². The van der Waals surface area contributed by atoms with Crippen LogP contribution in [-0.4, -0.2) is 42.3 Å². The Hall–Kier alpha value is -2.70. The molecule has 2 atom stereocenters. The zero-order valence-electron chi connectivity index (χ0n) is 19.3. The number of methoxy groups -OCH3 is 1. The Balaban J connectivity index is 1.92. The van der Waals surface area contributed by atoms with E-state index in [2.05, 4.69) is 49.0 Å². The van der Waals surface area contributed by atoms with Gasteiger partial charge in [0.2, 0.25) is 0 Å². The van der Waals surface area contributed by atoms with Crippen LogP contribution in [0.3, 0.4) is 0 Å². The molecule has 0 amide bonds. The van der Waals surface area contributed by atoms with Gasteiger partial charge in [0.1, 0.15) is 5.82 Å². The molecule has 2 aromatic rings. The number of carbonyl (C=O) groups is 1. The molecule has 168 valence electrons. The molecule has 0 aliphatic rings. The standard InChI is InChI=1S/C25H35N3O3/c1-6-9-19(4)28(7-2)24-13-12-22(16-27-24)23(29)17-26-18(3)14-20-10-8-11-21(15-20)25(30)31-5/h8-13,15-16,18,23,26,29H,6-7,14,17H2,1-5H3/b19-9-. The zero-order chi connectivity index (χ0) is 22.8. The lowest BCUT2D eigenvalue weighted by atomic mass is 10.0. The molecule has 6 nitrogen and oxygen atoms in total. The van der Waals surface area contributed by atoms with Crippen molar-refractivity contribution in [2.24, 2.45) is 0 Å². The van der Waals surface area contributed by atoms with Crippen LogP contribution >= 0.6 is 0 Å². The summed E-state index contributed by atoms with van der Waals surface area (Å²) in [7, 11) is 1.38. The number of allylic oxidation sites excluding steroid dienone is 2. The molecule has 0 aliphatic heterocycles. The number of nitrogens with zero attached hydrogens (tertiary/aromatic N) is 2. The van der Waals surface area contributed by atoms with Gasteiger partial charge in [0.25, 0.3) is 0 Å². The van der Waals surface area contributed by atoms with E-state index >= 15 is 0 Å². The number of anilines is 1. The van der Waals surface area contributed by atoms with Crippen LogP contribution in [0.2, 0.25) is 0 Å². The SMILES string of the molecule is CC/C=C(/C)N(CC)c1ccc(C(O)CNC(C)Cc2cccc(C(=O)OC)c2)cn1. The van der Waals surface area contributed by atoms with Gasteiger partial charge in [-0.2, -0.15) is 0 Å². The smallest absolute Gasteiger partial charge is 0.337 e. The second-order valence-corrected chi connectivity index (χ2v) is 7.67. The summed E-state index contributed by atoms with van der Waals surface area (Å²) in [5, 5.41) is 13.9. The number of hydrogen-bond acceptors (Lipinski definition) is 6. The van der Waals surface area contributed by atoms with Gasteiger partial charge >= 0.3 is 5.97 Å². The normalized spacial score (nSPS) is 13.5. The minimum absolute atomic E-state index is 0.132. The summed E-state index contributed by atoms with van der Waals surface area (Å²) >= 11 is 0. The predicted molar refractivity (Wildman–Crippen MR) is 125 cm³/mol. The molecule has 31 heavy (non-hydrogen) atoms. The Labute approximate surface area is 186 Å². The number of aliphatic hydroxyl groups is 1. The number of pyridine rings is 1. The number of hydrogen-bond donors (Lipinski definition) is 2. The maximum atomic E-state index is 11.7. The van der Waals surface area contributed by atoms with Crippen molar-refractivity contribution in [3.05, 3.63) is 71.1 Å². The van der Waals surface area contributed by atoms with E-state index in [4.69, 9.17) is 4.74 Å². The Kier molecular flexibility index (Phi) is 9.69. The minimum Gasteiger partial charge on any atom is -0.465 e. The fourth-order valence-corrected chi connectivity index (χ4v) is 3.55. The number of benzene rings is 1. The molecule has 1 aromatic heterocycles. The average Bonchev–Trinajstić information content (AvgIpc) is 2.78. The lowest BCUT2D eigenvalue weighted by molar-refractivity contribution is 0.0600. The number of nitrogens with one attached hydrogen (secondary N) is 1. The van der Waals surface area contributed by atoms with E-state index in [1.165, 1.54) is 12.8 Å². The van der Waals surface area contributed by atoms with Gasteiger partial charge in [0.05, 0.1) is 18.8 Å². The van der Waals surface area contributed by atoms with Crippen LogP contribution in [0.25, 0.3) is 0 Å². The predicted octanol–water partition coefficient (Wildman–Crippen LogP) is 4.26. The quantitative estimate of drug-likeness (QED) is 0.524. The number of esters is 1. The molecule has 0 aliphatic carbocycles. The molecule has 0 bridgehead atoms. The summed E-state index contributed by atoms with van der Waals surface area (Å²) < 4.78 is 4.78. The molecule has 0 radical (unpaired) electrons. The first-order valence-electron chi connectivity index (χ1n) is 10.9. The number of aromatic nitrogens is 1. The number of rotatable bonds is 11. The largest absolute Gasteiger partial charge is 0.465 e. The van der Waals surface area contributed by atoms with Crippen LogP contribution in [0.15, 0.2) is 54.4 Å². The van der Waals surface area contributed by atoms with Crippen molar-refractivity contribution in [2.45, 2.75) is 52.7 Å². The van der Waals surface area contributed by atoms with Crippen molar-refractivity contribution in [1.29, 1.82) is 0 Å². The van der Waals surface area contributed by atoms with Gasteiger partial charge in [-0.1, -0.05) is 31.2 Å². The molecule has 0 saturated heterocycles. The van der Waals surface area contributed by atoms with E-state index in [-0.39, 0.29) is 12.0 Å². The lowest BCUT2D eigenvalue weighted by Gasteiger charge is -2.23. The monoisotopic (exact) mass is 425 g/mol. The summed E-state index contributed by atoms with van der Waals surface area (Å²) in [5.41, 5.74) is 3.55. The Morgan fingerprint density at radius 3 is 2.68 bits per heavy atom. The van der Waals surface area contributed by atoms with Gasteiger partial charge in [-0.25, -0.2) is 9.78 Å². The molecule has 0 fully saturated rings. The van der Waals surface area contributed by atoms with Crippen molar-refractivity contribution < 1.29 is 14.6 Å². The summed E-state index contributed by atoms with van der Waals surface area (Å²) in [6.07, 6.45) is 5.00. The maximum absolute atomic E-state index is 11.7. The molecular weight excluding hydrogens is 390 g/mol. The van der Waals surface area contributed by atoms with Gasteiger partial charge in [-0.15, -0.1) is 0 Å². The fourth-order valence-electron chi connectivity index (χ4n) is 3.55. The molecule has 2 unspecified atom stereocenters. The van der Waals surface area contributed by atoms with E-state index in [1.54, 1.807) is 12.3 Å². The number of aliphatic hydroxyl groups excluding tert-OH is 1. The van der Waals surface area contributed by atoms with Crippen LogP contribution in [0.4, 0.5) is 5.82 Å². The molecule has 0 spiro atoms. The molecule has 1 heterocycles. The van der Waals surface area contributed by atoms with Gasteiger partial charge in [-0.3, -0.25) is 0 Å². The van der Waals surface area contributed by atoms with Crippen LogP contribution < -0.4 is 10.2 Å². The highest BCUT2D eigenvalue weighted by atomic mass is 16.5. The van der Waals surface area contributed by atoms with Crippen LogP contribution in [0, 0.1) is 0 Å². The number of ether oxygens (including phenoxy) is 1. The van der Waals surface area contributed by atoms with Crippen LogP contribution in [-0.2, 0) is 11.2 Å². The molecule has 1 aromatic carbocycles. The minimum atomic E-state index is -0.646. The Morgan fingerprint density at radius 1 is 1.29 bits per heavy atom. The first-order chi connectivity index (χ1) is 14.9. The van der Waals surface area contributed by atoms with Gasteiger partial charge in [0.15, 0.2) is 0 Å². The molecular formula is C25H35N3O3. The molecule has 2 N–H and O–H groups in total. The van der Waals surface area contributed by atoms with Crippen molar-refractivity contribution in [3.63, 3.8) is 0 Å². The Bertz CT molecular complexity index is 865. The van der Waals surface area contributed by atoms with E-state index in [0.717, 1.165) is 36.3 Å². The summed E-state index contributed by atoms with van der Waals surface area (Å²) in [6.45, 7) is 9.63. The van der Waals surface area contributed by atoms with Gasteiger partial charge < -0.3 is 20.1 Å². The van der Waals surface area contributed by atoms with Crippen molar-refractivity contribution in [3.8, 4) is 0 Å². The Morgan fingerprint density at radius 2 is 2.06 bits per heavy atom. The van der Waals surface area contributed by atoms with E-state index < -0.39 is 6.10 Å². The molecule has 6 heteroatoms. The highest BCUT2D eigenvalue weighted by Crippen LogP contribution is 2.19. The van der Waals surface area contributed by atoms with Crippen LogP contribution in [0.1, 0.15) is 61.7 Å². The second-order valence-electron chi connectivity index (χ2n) is 7.67. The topological polar surface area (TPSA) is 74.7 Å². The highest BCUT2D eigenvalue weighted by molar-refractivity contribution is 5.89. The second kappa shape index (κ2) is 12.2. The molecule has 2 rings (SSSR count). The van der Waals surface area contributed by atoms with Crippen LogP contribution in [0.5, 0.6) is 0 Å². The third-order valence-corrected chi connectivity index (χ3v) is 5.22. The third kappa shape index (κ3) is 7.19. The lowest BCUT2D eigenvalue weighted by Crippen LogP contribution is -2.32. The van der Waals surface area contributed by atoms with E-state index in [0.29, 0.717) is 12.1 Å². The summed E-state index contributed by atoms with van der Waals surface area (Å²) in [6, 6.07) is 11.4. The summed E-state index contributed by atoms with van der Waals surface area (Å²) in [4.78, 5) is 18.4. The first-order valence-corrected chi connectivity index (χ1v) is 10.9. The van der Waals surface area contributed by atoms with E-state index in [1.807, 2.05) is 30.3 Å². The van der Waals surface area contributed by atoms with Crippen molar-refractivity contribution >= 4 is 11.8 Å². The molecule has 0 saturated carbocycles.